The van der Waals surface area contributed by atoms with Crippen LogP contribution in [0, 0.1) is 11.8 Å². The number of aliphatic hydroxyl groups is 1. The lowest BCUT2D eigenvalue weighted by atomic mass is 9.97. The minimum atomic E-state index is -1.59. The first-order chi connectivity index (χ1) is 27.3. The highest BCUT2D eigenvalue weighted by atomic mass is 16.3. The third-order valence-corrected chi connectivity index (χ3v) is 8.98. The molecule has 2 rings (SSSR count). The Kier molecular flexibility index (Phi) is 19.7. The molecule has 0 aromatic heterocycles. The second-order valence-electron chi connectivity index (χ2n) is 14.3. The van der Waals surface area contributed by atoms with Crippen LogP contribution in [0.2, 0.25) is 0 Å². The average Bonchev–Trinajstić information content (AvgIpc) is 3.17. The number of rotatable bonds is 9. The van der Waals surface area contributed by atoms with Gasteiger partial charge in [-0.1, -0.05) is 64.4 Å². The van der Waals surface area contributed by atoms with Crippen LogP contribution in [0.3, 0.4) is 0 Å². The van der Waals surface area contributed by atoms with Crippen LogP contribution in [0.4, 0.5) is 0 Å². The van der Waals surface area contributed by atoms with Crippen LogP contribution in [0.5, 0.6) is 0 Å². The van der Waals surface area contributed by atoms with Crippen molar-refractivity contribution in [1.82, 2.24) is 47.9 Å². The van der Waals surface area contributed by atoms with E-state index in [9.17, 15) is 53.1 Å². The molecule has 0 radical (unpaired) electrons. The van der Waals surface area contributed by atoms with Gasteiger partial charge >= 0.3 is 0 Å². The van der Waals surface area contributed by atoms with Crippen molar-refractivity contribution in [3.8, 4) is 0 Å². The summed E-state index contributed by atoms with van der Waals surface area (Å²) in [7, 11) is 0. The molecule has 1 heterocycles. The van der Waals surface area contributed by atoms with Gasteiger partial charge in [-0.15, -0.1) is 0 Å². The van der Waals surface area contributed by atoms with Gasteiger partial charge in [0, 0.05) is 6.42 Å². The summed E-state index contributed by atoms with van der Waals surface area (Å²) in [5.41, 5.74) is 5.99. The lowest BCUT2D eigenvalue weighted by Gasteiger charge is -2.27. The normalized spacial score (nSPS) is 24.9. The topological polar surface area (TPSA) is 325 Å². The molecule has 1 aromatic carbocycles. The first-order valence-corrected chi connectivity index (χ1v) is 18.9. The molecular formula is C37H56N10O11. The maximum Gasteiger partial charge on any atom is 0.245 e. The Labute approximate surface area is 335 Å². The molecule has 21 nitrogen and oxygen atoms in total. The summed E-state index contributed by atoms with van der Waals surface area (Å²) in [6.45, 7) is 5.27. The summed E-state index contributed by atoms with van der Waals surface area (Å²) in [6, 6.07) is 0.466. The van der Waals surface area contributed by atoms with Crippen LogP contribution in [0.15, 0.2) is 30.3 Å². The van der Waals surface area contributed by atoms with E-state index in [2.05, 4.69) is 47.9 Å². The smallest absolute Gasteiger partial charge is 0.245 e. The fourth-order valence-corrected chi connectivity index (χ4v) is 5.60. The lowest BCUT2D eigenvalue weighted by molar-refractivity contribution is -0.135. The molecule has 1 aliphatic rings. The molecule has 0 aliphatic carbocycles. The highest BCUT2D eigenvalue weighted by Gasteiger charge is 2.33. The molecule has 0 spiro atoms. The molecule has 1 saturated heterocycles. The first kappa shape index (κ1) is 48.0. The van der Waals surface area contributed by atoms with Crippen molar-refractivity contribution in [3.63, 3.8) is 0 Å². The Balaban J connectivity index is 2.46. The molecule has 7 atom stereocenters. The third-order valence-electron chi connectivity index (χ3n) is 8.98. The van der Waals surface area contributed by atoms with Crippen LogP contribution < -0.4 is 53.6 Å². The molecule has 0 bridgehead atoms. The van der Waals surface area contributed by atoms with Crippen molar-refractivity contribution >= 4 is 59.1 Å². The second-order valence-corrected chi connectivity index (χ2v) is 14.3. The van der Waals surface area contributed by atoms with Gasteiger partial charge in [-0.3, -0.25) is 47.9 Å². The standard InChI is InChI=1S/C37H56N10O11/c1-6-20(4)31-37(58)45-24(13-22-10-8-7-9-11-22)33(54)39-15-28(50)42-21(5)32(53)46-26(18-48)35(56)41-16-29(51)43-23(12-19(2)3)36(57)44-25(14-27(38)49)34(55)40-17-30(52)47-31/h7-11,19-21,23-26,31,48H,6,12-18H2,1-5H3,(H2,38,49)(H,39,54)(H,40,55)(H,41,56)(H,42,50)(H,43,51)(H,44,57)(H,45,58)(H,46,53)(H,47,52). The van der Waals surface area contributed by atoms with Gasteiger partial charge in [0.1, 0.15) is 36.3 Å². The third kappa shape index (κ3) is 16.5. The number of carbonyl (C=O) groups is 10. The van der Waals surface area contributed by atoms with Crippen LogP contribution >= 0.6 is 0 Å². The number of benzene rings is 1. The Morgan fingerprint density at radius 1 is 0.655 bits per heavy atom. The first-order valence-electron chi connectivity index (χ1n) is 18.9. The summed E-state index contributed by atoms with van der Waals surface area (Å²) in [4.78, 5) is 130. The predicted octanol–water partition coefficient (Wildman–Crippen LogP) is -4.52. The predicted molar refractivity (Wildman–Crippen MR) is 206 cm³/mol. The molecule has 1 aromatic rings. The Bertz CT molecular complexity index is 1660. The van der Waals surface area contributed by atoms with E-state index < -0.39 is 134 Å². The Hall–Kier alpha value is -6.12. The minimum absolute atomic E-state index is 0.0210. The van der Waals surface area contributed by atoms with Gasteiger partial charge in [-0.2, -0.15) is 0 Å². The number of hydrogen-bond donors (Lipinski definition) is 11. The van der Waals surface area contributed by atoms with Crippen molar-refractivity contribution in [2.24, 2.45) is 17.6 Å². The highest BCUT2D eigenvalue weighted by Crippen LogP contribution is 2.11. The van der Waals surface area contributed by atoms with Crippen LogP contribution in [0.25, 0.3) is 0 Å². The fourth-order valence-electron chi connectivity index (χ4n) is 5.60. The summed E-state index contributed by atoms with van der Waals surface area (Å²) >= 11 is 0. The highest BCUT2D eigenvalue weighted by molar-refractivity contribution is 5.98. The molecule has 1 aliphatic heterocycles. The second kappa shape index (κ2) is 23.8. The van der Waals surface area contributed by atoms with Crippen LogP contribution in [0.1, 0.15) is 59.4 Å². The minimum Gasteiger partial charge on any atom is -0.394 e. The summed E-state index contributed by atoms with van der Waals surface area (Å²) < 4.78 is 0. The molecule has 10 amide bonds. The quantitative estimate of drug-likeness (QED) is 0.113. The van der Waals surface area contributed by atoms with E-state index in [0.29, 0.717) is 12.0 Å². The largest absolute Gasteiger partial charge is 0.394 e. The van der Waals surface area contributed by atoms with E-state index in [1.54, 1.807) is 58.0 Å². The van der Waals surface area contributed by atoms with Crippen molar-refractivity contribution in [3.05, 3.63) is 35.9 Å². The monoisotopic (exact) mass is 816 g/mol. The number of carbonyl (C=O) groups excluding carboxylic acids is 10. The maximum absolute atomic E-state index is 13.7. The zero-order valence-corrected chi connectivity index (χ0v) is 33.3. The van der Waals surface area contributed by atoms with Crippen molar-refractivity contribution in [2.75, 3.05) is 26.2 Å². The molecule has 21 heteroatoms. The molecule has 0 saturated carbocycles. The zero-order chi connectivity index (χ0) is 43.5. The van der Waals surface area contributed by atoms with Gasteiger partial charge in [0.05, 0.1) is 32.7 Å². The number of primary amides is 1. The number of nitrogens with one attached hydrogen (secondary N) is 9. The SMILES string of the molecule is CCC(C)C1NC(=O)CNC(=O)C(CC(N)=O)NC(=O)C(CC(C)C)NC(=O)CNC(=O)C(CO)NC(=O)C(C)NC(=O)CNC(=O)C(Cc2ccccc2)NC1=O. The molecule has 12 N–H and O–H groups in total. The fraction of sp³-hybridized carbons (Fsp3) is 0.568. The van der Waals surface area contributed by atoms with E-state index in [1.807, 2.05) is 0 Å². The number of nitrogens with two attached hydrogens (primary N) is 1. The van der Waals surface area contributed by atoms with Crippen molar-refractivity contribution in [1.29, 1.82) is 0 Å². The summed E-state index contributed by atoms with van der Waals surface area (Å²) in [6.07, 6.45) is -0.262. The van der Waals surface area contributed by atoms with Gasteiger partial charge in [0.25, 0.3) is 0 Å². The Morgan fingerprint density at radius 3 is 1.69 bits per heavy atom. The van der Waals surface area contributed by atoms with Gasteiger partial charge in [-0.25, -0.2) is 0 Å². The van der Waals surface area contributed by atoms with Gasteiger partial charge in [0.2, 0.25) is 59.1 Å². The van der Waals surface area contributed by atoms with Crippen molar-refractivity contribution in [2.45, 2.75) is 96.6 Å². The van der Waals surface area contributed by atoms with E-state index in [1.165, 1.54) is 6.92 Å². The van der Waals surface area contributed by atoms with Gasteiger partial charge < -0.3 is 58.7 Å². The van der Waals surface area contributed by atoms with E-state index in [-0.39, 0.29) is 18.8 Å². The molecule has 7 unspecified atom stereocenters. The summed E-state index contributed by atoms with van der Waals surface area (Å²) in [5.74, 6) is -9.44. The van der Waals surface area contributed by atoms with E-state index >= 15 is 0 Å². The van der Waals surface area contributed by atoms with Gasteiger partial charge in [-0.05, 0) is 30.7 Å². The molecular weight excluding hydrogens is 760 g/mol. The number of hydrogen-bond acceptors (Lipinski definition) is 11. The Morgan fingerprint density at radius 2 is 1.16 bits per heavy atom. The van der Waals surface area contributed by atoms with Crippen LogP contribution in [-0.2, 0) is 54.4 Å². The molecule has 1 fully saturated rings. The van der Waals surface area contributed by atoms with Gasteiger partial charge in [0.15, 0.2) is 0 Å². The molecule has 58 heavy (non-hydrogen) atoms. The van der Waals surface area contributed by atoms with E-state index in [4.69, 9.17) is 5.73 Å². The molecule has 320 valence electrons. The summed E-state index contributed by atoms with van der Waals surface area (Å²) in [5, 5.41) is 31.4. The number of aliphatic hydroxyl groups excluding tert-OH is 1. The maximum atomic E-state index is 13.7. The van der Waals surface area contributed by atoms with Crippen molar-refractivity contribution < 1.29 is 53.1 Å². The number of amides is 10. The van der Waals surface area contributed by atoms with Crippen LogP contribution in [-0.4, -0.2) is 127 Å². The zero-order valence-electron chi connectivity index (χ0n) is 33.3. The lowest BCUT2D eigenvalue weighted by Crippen LogP contribution is -2.58. The average molecular weight is 817 g/mol. The van der Waals surface area contributed by atoms with E-state index in [0.717, 1.165) is 0 Å².